The molecule has 1 atom stereocenters. The van der Waals surface area contributed by atoms with Crippen LogP contribution < -0.4 is 5.73 Å². The van der Waals surface area contributed by atoms with Gasteiger partial charge in [-0.3, -0.25) is 0 Å². The van der Waals surface area contributed by atoms with Crippen LogP contribution in [0, 0.1) is 0 Å². The van der Waals surface area contributed by atoms with E-state index in [9.17, 15) is 0 Å². The number of rotatable bonds is 4. The average Bonchev–Trinajstić information content (AvgIpc) is 2.78. The molecule has 1 aromatic carbocycles. The molecule has 18 heavy (non-hydrogen) atoms. The van der Waals surface area contributed by atoms with Crippen LogP contribution >= 0.6 is 27.5 Å². The number of ether oxygens (including phenoxy) is 1. The first-order chi connectivity index (χ1) is 8.61. The van der Waals surface area contributed by atoms with Crippen molar-refractivity contribution in [2.24, 2.45) is 5.73 Å². The van der Waals surface area contributed by atoms with Crippen molar-refractivity contribution in [3.63, 3.8) is 0 Å². The first-order valence-corrected chi connectivity index (χ1v) is 6.32. The maximum atomic E-state index is 5.87. The molecule has 2 N–H and O–H groups in total. The van der Waals surface area contributed by atoms with Gasteiger partial charge in [0.05, 0.1) is 18.2 Å². The molecular formula is C11H11BrClN3O2. The Hall–Kier alpha value is -0.950. The minimum absolute atomic E-state index is 0.334. The van der Waals surface area contributed by atoms with Crippen LogP contribution in [0.5, 0.6) is 0 Å². The van der Waals surface area contributed by atoms with Crippen LogP contribution in [0.25, 0.3) is 11.5 Å². The fraction of sp³-hybridized carbons (Fsp3) is 0.273. The highest BCUT2D eigenvalue weighted by Crippen LogP contribution is 2.29. The molecule has 0 amide bonds. The molecule has 7 heteroatoms. The summed E-state index contributed by atoms with van der Waals surface area (Å²) in [4.78, 5) is 4.23. The standard InChI is InChI=1S/C11H11BrClN3O2/c1-17-5-9(14)10-15-11(18-16-10)7-3-2-6(13)4-8(7)12/h2-4,9H,5,14H2,1H3. The summed E-state index contributed by atoms with van der Waals surface area (Å²) < 4.78 is 10.9. The lowest BCUT2D eigenvalue weighted by atomic mass is 10.2. The number of nitrogens with zero attached hydrogens (tertiary/aromatic N) is 2. The second kappa shape index (κ2) is 5.79. The second-order valence-corrected chi connectivity index (χ2v) is 4.93. The van der Waals surface area contributed by atoms with E-state index in [0.717, 1.165) is 10.0 Å². The Morgan fingerprint density at radius 1 is 1.56 bits per heavy atom. The summed E-state index contributed by atoms with van der Waals surface area (Å²) in [5, 5.41) is 4.46. The molecule has 0 saturated carbocycles. The molecule has 0 aliphatic heterocycles. The summed E-state index contributed by atoms with van der Waals surface area (Å²) in [6.07, 6.45) is 0. The topological polar surface area (TPSA) is 74.2 Å². The number of hydrogen-bond acceptors (Lipinski definition) is 5. The van der Waals surface area contributed by atoms with Gasteiger partial charge >= 0.3 is 0 Å². The Morgan fingerprint density at radius 3 is 3.00 bits per heavy atom. The lowest BCUT2D eigenvalue weighted by molar-refractivity contribution is 0.177. The summed E-state index contributed by atoms with van der Waals surface area (Å²) in [7, 11) is 1.57. The van der Waals surface area contributed by atoms with Crippen molar-refractivity contribution in [2.75, 3.05) is 13.7 Å². The van der Waals surface area contributed by atoms with Crippen LogP contribution in [0.3, 0.4) is 0 Å². The van der Waals surface area contributed by atoms with Gasteiger partial charge in [0.15, 0.2) is 5.82 Å². The molecule has 1 heterocycles. The molecule has 0 radical (unpaired) electrons. The second-order valence-electron chi connectivity index (χ2n) is 3.64. The number of benzene rings is 1. The van der Waals surface area contributed by atoms with Crippen LogP contribution in [0.2, 0.25) is 5.02 Å². The van der Waals surface area contributed by atoms with E-state index in [2.05, 4.69) is 26.1 Å². The minimum atomic E-state index is -0.404. The zero-order valence-electron chi connectivity index (χ0n) is 9.56. The zero-order chi connectivity index (χ0) is 13.1. The quantitative estimate of drug-likeness (QED) is 0.932. The maximum Gasteiger partial charge on any atom is 0.259 e. The molecule has 2 rings (SSSR count). The van der Waals surface area contributed by atoms with Crippen molar-refractivity contribution in [3.05, 3.63) is 33.5 Å². The Kier molecular flexibility index (Phi) is 4.34. The van der Waals surface area contributed by atoms with E-state index < -0.39 is 6.04 Å². The van der Waals surface area contributed by atoms with Crippen LogP contribution in [0.4, 0.5) is 0 Å². The van der Waals surface area contributed by atoms with Crippen molar-refractivity contribution >= 4 is 27.5 Å². The molecule has 0 spiro atoms. The largest absolute Gasteiger partial charge is 0.383 e. The summed E-state index contributed by atoms with van der Waals surface area (Å²) >= 11 is 9.26. The van der Waals surface area contributed by atoms with E-state index in [1.165, 1.54) is 0 Å². The number of nitrogens with two attached hydrogens (primary N) is 1. The Labute approximate surface area is 117 Å². The van der Waals surface area contributed by atoms with Crippen molar-refractivity contribution in [2.45, 2.75) is 6.04 Å². The van der Waals surface area contributed by atoms with Gasteiger partial charge in [0.25, 0.3) is 5.89 Å². The van der Waals surface area contributed by atoms with Crippen LogP contribution in [0.15, 0.2) is 27.2 Å². The van der Waals surface area contributed by atoms with Gasteiger partial charge < -0.3 is 15.0 Å². The van der Waals surface area contributed by atoms with Gasteiger partial charge in [0, 0.05) is 16.6 Å². The highest BCUT2D eigenvalue weighted by molar-refractivity contribution is 9.10. The summed E-state index contributed by atoms with van der Waals surface area (Å²) in [6, 6.07) is 4.90. The van der Waals surface area contributed by atoms with Crippen LogP contribution in [-0.2, 0) is 4.74 Å². The van der Waals surface area contributed by atoms with Gasteiger partial charge in [-0.15, -0.1) is 0 Å². The molecule has 0 aliphatic carbocycles. The third-order valence-electron chi connectivity index (χ3n) is 2.28. The van der Waals surface area contributed by atoms with Crippen molar-refractivity contribution in [1.82, 2.24) is 10.1 Å². The highest BCUT2D eigenvalue weighted by Gasteiger charge is 2.16. The van der Waals surface area contributed by atoms with Crippen molar-refractivity contribution in [1.29, 1.82) is 0 Å². The van der Waals surface area contributed by atoms with Gasteiger partial charge in [-0.2, -0.15) is 4.98 Å². The van der Waals surface area contributed by atoms with Crippen molar-refractivity contribution in [3.8, 4) is 11.5 Å². The van der Waals surface area contributed by atoms with E-state index >= 15 is 0 Å². The van der Waals surface area contributed by atoms with Crippen molar-refractivity contribution < 1.29 is 9.26 Å². The number of methoxy groups -OCH3 is 1. The summed E-state index contributed by atoms with van der Waals surface area (Å²) in [5.74, 6) is 0.800. The molecule has 0 saturated heterocycles. The third-order valence-corrected chi connectivity index (χ3v) is 3.17. The first-order valence-electron chi connectivity index (χ1n) is 5.15. The molecule has 1 aromatic heterocycles. The third kappa shape index (κ3) is 2.89. The number of aromatic nitrogens is 2. The van der Waals surface area contributed by atoms with Gasteiger partial charge in [-0.1, -0.05) is 16.8 Å². The molecule has 96 valence electrons. The number of hydrogen-bond donors (Lipinski definition) is 1. The fourth-order valence-electron chi connectivity index (χ4n) is 1.41. The lowest BCUT2D eigenvalue weighted by Gasteiger charge is -2.03. The summed E-state index contributed by atoms with van der Waals surface area (Å²) in [5.41, 5.74) is 6.58. The Bertz CT molecular complexity index is 547. The molecule has 2 aromatic rings. The van der Waals surface area contributed by atoms with Gasteiger partial charge in [-0.05, 0) is 34.1 Å². The SMILES string of the molecule is COCC(N)c1noc(-c2ccc(Cl)cc2Br)n1. The molecular weight excluding hydrogens is 321 g/mol. The monoisotopic (exact) mass is 331 g/mol. The van der Waals surface area contributed by atoms with E-state index in [0.29, 0.717) is 23.3 Å². The highest BCUT2D eigenvalue weighted by atomic mass is 79.9. The fourth-order valence-corrected chi connectivity index (χ4v) is 2.26. The summed E-state index contributed by atoms with van der Waals surface area (Å²) in [6.45, 7) is 0.334. The first kappa shape index (κ1) is 13.5. The molecule has 0 bridgehead atoms. The maximum absolute atomic E-state index is 5.87. The molecule has 0 fully saturated rings. The minimum Gasteiger partial charge on any atom is -0.383 e. The predicted molar refractivity (Wildman–Crippen MR) is 71.2 cm³/mol. The Morgan fingerprint density at radius 2 is 2.33 bits per heavy atom. The molecule has 0 aliphatic rings. The molecule has 1 unspecified atom stereocenters. The number of halogens is 2. The van der Waals surface area contributed by atoms with Gasteiger partial charge in [-0.25, -0.2) is 0 Å². The van der Waals surface area contributed by atoms with E-state index in [4.69, 9.17) is 26.6 Å². The van der Waals surface area contributed by atoms with Gasteiger partial charge in [0.2, 0.25) is 0 Å². The van der Waals surface area contributed by atoms with Crippen LogP contribution in [-0.4, -0.2) is 23.9 Å². The van der Waals surface area contributed by atoms with Crippen LogP contribution in [0.1, 0.15) is 11.9 Å². The zero-order valence-corrected chi connectivity index (χ0v) is 11.9. The smallest absolute Gasteiger partial charge is 0.259 e. The average molecular weight is 333 g/mol. The molecule has 5 nitrogen and oxygen atoms in total. The Balaban J connectivity index is 2.29. The van der Waals surface area contributed by atoms with E-state index in [-0.39, 0.29) is 0 Å². The van der Waals surface area contributed by atoms with E-state index in [1.54, 1.807) is 25.3 Å². The van der Waals surface area contributed by atoms with E-state index in [1.807, 2.05) is 0 Å². The lowest BCUT2D eigenvalue weighted by Crippen LogP contribution is -2.17. The van der Waals surface area contributed by atoms with Gasteiger partial charge in [0.1, 0.15) is 0 Å². The normalized spacial score (nSPS) is 12.7. The predicted octanol–water partition coefficient (Wildman–Crippen LogP) is 2.80.